The van der Waals surface area contributed by atoms with Crippen LogP contribution in [0.15, 0.2) is 0 Å². The molecule has 1 aliphatic rings. The van der Waals surface area contributed by atoms with Crippen LogP contribution in [0.3, 0.4) is 0 Å². The summed E-state index contributed by atoms with van der Waals surface area (Å²) in [6, 6.07) is 0.595. The number of nitrogens with one attached hydrogen (secondary N) is 1. The lowest BCUT2D eigenvalue weighted by Crippen LogP contribution is -2.50. The molecular formula is C9H20N4. The number of nitrogens with two attached hydrogens (primary N) is 1. The highest BCUT2D eigenvalue weighted by Crippen LogP contribution is 2.07. The molecule has 76 valence electrons. The average molecular weight is 184 g/mol. The second-order valence-corrected chi connectivity index (χ2v) is 3.92. The van der Waals surface area contributed by atoms with Gasteiger partial charge in [0.05, 0.1) is 5.84 Å². The Morgan fingerprint density at radius 2 is 2.23 bits per heavy atom. The molecule has 0 radical (unpaired) electrons. The van der Waals surface area contributed by atoms with Crippen molar-refractivity contribution < 1.29 is 0 Å². The molecule has 1 saturated heterocycles. The molecule has 0 aromatic carbocycles. The topological polar surface area (TPSA) is 56.4 Å². The second kappa shape index (κ2) is 4.58. The summed E-state index contributed by atoms with van der Waals surface area (Å²) in [7, 11) is 2.15. The van der Waals surface area contributed by atoms with E-state index in [0.29, 0.717) is 18.3 Å². The third kappa shape index (κ3) is 3.32. The molecule has 4 nitrogen and oxygen atoms in total. The molecule has 3 N–H and O–H groups in total. The molecule has 4 heteroatoms. The van der Waals surface area contributed by atoms with Crippen molar-refractivity contribution in [3.05, 3.63) is 0 Å². The van der Waals surface area contributed by atoms with E-state index < -0.39 is 0 Å². The molecule has 1 atom stereocenters. The van der Waals surface area contributed by atoms with Gasteiger partial charge in [-0.15, -0.1) is 0 Å². The third-order valence-corrected chi connectivity index (χ3v) is 2.64. The summed E-state index contributed by atoms with van der Waals surface area (Å²) in [6.07, 6.45) is 0.702. The van der Waals surface area contributed by atoms with Gasteiger partial charge in [0, 0.05) is 38.6 Å². The predicted octanol–water partition coefficient (Wildman–Crippen LogP) is -0.0516. The maximum atomic E-state index is 7.16. The number of hydrogen-bond acceptors (Lipinski definition) is 3. The van der Waals surface area contributed by atoms with Crippen LogP contribution in [0.25, 0.3) is 0 Å². The number of piperazine rings is 1. The lowest BCUT2D eigenvalue weighted by molar-refractivity contribution is 0.103. The van der Waals surface area contributed by atoms with Crippen molar-refractivity contribution in [2.45, 2.75) is 19.4 Å². The molecule has 0 aromatic heterocycles. The Labute approximate surface area is 80.2 Å². The van der Waals surface area contributed by atoms with Gasteiger partial charge in [0.25, 0.3) is 0 Å². The zero-order valence-electron chi connectivity index (χ0n) is 8.58. The molecule has 0 saturated carbocycles. The van der Waals surface area contributed by atoms with Crippen molar-refractivity contribution in [2.75, 3.05) is 33.2 Å². The van der Waals surface area contributed by atoms with E-state index in [9.17, 15) is 0 Å². The number of amidine groups is 1. The number of nitrogens with zero attached hydrogens (tertiary/aromatic N) is 2. The van der Waals surface area contributed by atoms with Crippen molar-refractivity contribution >= 4 is 5.84 Å². The van der Waals surface area contributed by atoms with Crippen LogP contribution in [0.1, 0.15) is 13.3 Å². The summed E-state index contributed by atoms with van der Waals surface area (Å²) in [5.41, 5.74) is 5.33. The minimum Gasteiger partial charge on any atom is -0.388 e. The normalized spacial score (nSPS) is 26.2. The minimum absolute atomic E-state index is 0.297. The quantitative estimate of drug-likeness (QED) is 0.477. The van der Waals surface area contributed by atoms with Crippen LogP contribution in [0.4, 0.5) is 0 Å². The zero-order chi connectivity index (χ0) is 9.84. The molecule has 1 aliphatic heterocycles. The average Bonchev–Trinajstić information content (AvgIpc) is 2.02. The van der Waals surface area contributed by atoms with Gasteiger partial charge in [0.1, 0.15) is 0 Å². The summed E-state index contributed by atoms with van der Waals surface area (Å²) in [6.45, 7) is 6.52. The van der Waals surface area contributed by atoms with E-state index in [0.717, 1.165) is 26.2 Å². The fourth-order valence-corrected chi connectivity index (χ4v) is 1.77. The smallest absolute Gasteiger partial charge is 0.0918 e. The van der Waals surface area contributed by atoms with E-state index in [1.807, 2.05) is 0 Å². The van der Waals surface area contributed by atoms with Crippen molar-refractivity contribution in [1.29, 1.82) is 5.41 Å². The van der Waals surface area contributed by atoms with Gasteiger partial charge in [-0.2, -0.15) is 0 Å². The number of likely N-dealkylation sites (N-methyl/N-ethyl adjacent to an activating group) is 1. The van der Waals surface area contributed by atoms with Gasteiger partial charge in [-0.05, 0) is 14.0 Å². The second-order valence-electron chi connectivity index (χ2n) is 3.92. The monoisotopic (exact) mass is 184 g/mol. The van der Waals surface area contributed by atoms with Crippen molar-refractivity contribution in [1.82, 2.24) is 9.80 Å². The summed E-state index contributed by atoms with van der Waals surface area (Å²) < 4.78 is 0. The maximum absolute atomic E-state index is 7.16. The zero-order valence-corrected chi connectivity index (χ0v) is 8.58. The Bertz CT molecular complexity index is 180. The van der Waals surface area contributed by atoms with Gasteiger partial charge in [0.15, 0.2) is 0 Å². The molecule has 13 heavy (non-hydrogen) atoms. The SMILES string of the molecule is CC1CN(C)CCN1CCC(=N)N. The standard InChI is InChI=1S/C9H20N4/c1-8-7-12(2)5-6-13(8)4-3-9(10)11/h8H,3-7H2,1-2H3,(H3,10,11). The maximum Gasteiger partial charge on any atom is 0.0918 e. The first-order chi connectivity index (χ1) is 6.09. The van der Waals surface area contributed by atoms with Gasteiger partial charge >= 0.3 is 0 Å². The Morgan fingerprint density at radius 3 is 2.77 bits per heavy atom. The Hall–Kier alpha value is -0.610. The fraction of sp³-hybridized carbons (Fsp3) is 0.889. The van der Waals surface area contributed by atoms with Gasteiger partial charge in [-0.25, -0.2) is 0 Å². The van der Waals surface area contributed by atoms with Crippen molar-refractivity contribution in [3.8, 4) is 0 Å². The first-order valence-electron chi connectivity index (χ1n) is 4.85. The highest BCUT2D eigenvalue weighted by atomic mass is 15.3. The van der Waals surface area contributed by atoms with Crippen LogP contribution in [-0.2, 0) is 0 Å². The highest BCUT2D eigenvalue weighted by molar-refractivity contribution is 5.76. The van der Waals surface area contributed by atoms with Gasteiger partial charge in [-0.3, -0.25) is 10.3 Å². The molecule has 0 aromatic rings. The number of rotatable bonds is 3. The first-order valence-corrected chi connectivity index (χ1v) is 4.85. The van der Waals surface area contributed by atoms with Gasteiger partial charge in [0.2, 0.25) is 0 Å². The largest absolute Gasteiger partial charge is 0.388 e. The lowest BCUT2D eigenvalue weighted by atomic mass is 10.2. The Balaban J connectivity index is 2.29. The van der Waals surface area contributed by atoms with E-state index >= 15 is 0 Å². The first kappa shape index (κ1) is 10.5. The summed E-state index contributed by atoms with van der Waals surface area (Å²) >= 11 is 0. The highest BCUT2D eigenvalue weighted by Gasteiger charge is 2.20. The molecule has 0 bridgehead atoms. The minimum atomic E-state index is 0.297. The van der Waals surface area contributed by atoms with Gasteiger partial charge in [-0.1, -0.05) is 0 Å². The van der Waals surface area contributed by atoms with E-state index in [-0.39, 0.29) is 0 Å². The van der Waals surface area contributed by atoms with Crippen LogP contribution in [0, 0.1) is 5.41 Å². The molecule has 1 fully saturated rings. The van der Waals surface area contributed by atoms with Gasteiger partial charge < -0.3 is 10.6 Å². The number of hydrogen-bond donors (Lipinski definition) is 2. The van der Waals surface area contributed by atoms with E-state index in [1.165, 1.54) is 0 Å². The summed E-state index contributed by atoms with van der Waals surface area (Å²) in [5.74, 6) is 0.297. The molecule has 0 aliphatic carbocycles. The predicted molar refractivity (Wildman–Crippen MR) is 55.1 cm³/mol. The van der Waals surface area contributed by atoms with Crippen LogP contribution in [0.2, 0.25) is 0 Å². The summed E-state index contributed by atoms with van der Waals surface area (Å²) in [5, 5.41) is 7.16. The van der Waals surface area contributed by atoms with E-state index in [1.54, 1.807) is 0 Å². The molecule has 0 spiro atoms. The Kier molecular flexibility index (Phi) is 3.69. The molecule has 0 amide bonds. The fourth-order valence-electron chi connectivity index (χ4n) is 1.77. The van der Waals surface area contributed by atoms with E-state index in [2.05, 4.69) is 23.8 Å². The molecule has 1 unspecified atom stereocenters. The molecule has 1 heterocycles. The van der Waals surface area contributed by atoms with E-state index in [4.69, 9.17) is 11.1 Å². The van der Waals surface area contributed by atoms with Crippen LogP contribution in [0.5, 0.6) is 0 Å². The summed E-state index contributed by atoms with van der Waals surface area (Å²) in [4.78, 5) is 4.75. The van der Waals surface area contributed by atoms with Crippen molar-refractivity contribution in [2.24, 2.45) is 5.73 Å². The molecular weight excluding hydrogens is 164 g/mol. The van der Waals surface area contributed by atoms with Crippen LogP contribution >= 0.6 is 0 Å². The van der Waals surface area contributed by atoms with Crippen LogP contribution < -0.4 is 5.73 Å². The van der Waals surface area contributed by atoms with Crippen LogP contribution in [-0.4, -0.2) is 54.9 Å². The lowest BCUT2D eigenvalue weighted by Gasteiger charge is -2.38. The third-order valence-electron chi connectivity index (χ3n) is 2.64. The Morgan fingerprint density at radius 1 is 1.54 bits per heavy atom. The van der Waals surface area contributed by atoms with Crippen molar-refractivity contribution in [3.63, 3.8) is 0 Å². The molecule has 1 rings (SSSR count).